The van der Waals surface area contributed by atoms with Crippen molar-refractivity contribution in [2.75, 3.05) is 28.2 Å². The van der Waals surface area contributed by atoms with Gasteiger partial charge in [0.15, 0.2) is 0 Å². The molecule has 0 fully saturated rings. The Balaban J connectivity index is 0.000000437. The van der Waals surface area contributed by atoms with E-state index in [1.165, 1.54) is 5.71 Å². The maximum absolute atomic E-state index is 4.37. The molecule has 0 spiro atoms. The van der Waals surface area contributed by atoms with Gasteiger partial charge in [0.1, 0.15) is 0 Å². The largest absolute Gasteiger partial charge is 0.358 e. The van der Waals surface area contributed by atoms with Gasteiger partial charge in [-0.3, -0.25) is 4.99 Å². The Bertz CT molecular complexity index is 332. The summed E-state index contributed by atoms with van der Waals surface area (Å²) < 4.78 is 0. The lowest BCUT2D eigenvalue weighted by Gasteiger charge is -2.20. The van der Waals surface area contributed by atoms with Crippen molar-refractivity contribution in [3.05, 3.63) is 0 Å². The third-order valence-electron chi connectivity index (χ3n) is 2.14. The molecule has 1 atom stereocenters. The average molecular weight is 238 g/mol. The summed E-state index contributed by atoms with van der Waals surface area (Å²) in [6.07, 6.45) is 1.03. The summed E-state index contributed by atoms with van der Waals surface area (Å²) in [5.74, 6) is 0.833. The molecule has 0 aromatic carbocycles. The van der Waals surface area contributed by atoms with Crippen LogP contribution in [0.25, 0.3) is 0 Å². The van der Waals surface area contributed by atoms with E-state index in [4.69, 9.17) is 0 Å². The highest BCUT2D eigenvalue weighted by molar-refractivity contribution is 5.89. The molecule has 0 aliphatic carbocycles. The maximum atomic E-state index is 4.37. The SMILES string of the molecule is CN=C(NC)N1N=C(C)CC1C.CN=C=NC. The second kappa shape index (κ2) is 8.47. The molecular formula is C11H22N6. The second-order valence-corrected chi connectivity index (χ2v) is 3.58. The first kappa shape index (κ1) is 15.3. The number of hydrazone groups is 1. The molecule has 0 aromatic rings. The summed E-state index contributed by atoms with van der Waals surface area (Å²) in [4.78, 5) is 11.0. The highest BCUT2D eigenvalue weighted by Gasteiger charge is 2.23. The molecule has 1 unspecified atom stereocenters. The first-order valence-corrected chi connectivity index (χ1v) is 5.51. The van der Waals surface area contributed by atoms with Crippen molar-refractivity contribution in [2.45, 2.75) is 26.3 Å². The molecular weight excluding hydrogens is 216 g/mol. The third kappa shape index (κ3) is 5.26. The standard InChI is InChI=1S/C8H16N4.C3H6N2/c1-6-5-7(2)12(11-6)8(9-3)10-4;1-4-3-5-2/h7H,5H2,1-4H3,(H,9,10);1-2H3. The quantitative estimate of drug-likeness (QED) is 0.507. The van der Waals surface area contributed by atoms with E-state index in [2.05, 4.69) is 38.3 Å². The van der Waals surface area contributed by atoms with Crippen LogP contribution >= 0.6 is 0 Å². The second-order valence-electron chi connectivity index (χ2n) is 3.58. The van der Waals surface area contributed by atoms with E-state index in [9.17, 15) is 0 Å². The molecule has 1 rings (SSSR count). The summed E-state index contributed by atoms with van der Waals surface area (Å²) in [7, 11) is 6.89. The molecule has 1 aliphatic heterocycles. The van der Waals surface area contributed by atoms with Crippen LogP contribution in [0.1, 0.15) is 20.3 Å². The van der Waals surface area contributed by atoms with E-state index in [0.717, 1.165) is 12.4 Å². The zero-order valence-corrected chi connectivity index (χ0v) is 11.5. The number of aliphatic imine (C=N–C) groups is 3. The fourth-order valence-corrected chi connectivity index (χ4v) is 1.52. The minimum atomic E-state index is 0.427. The highest BCUT2D eigenvalue weighted by Crippen LogP contribution is 2.14. The van der Waals surface area contributed by atoms with E-state index >= 15 is 0 Å². The first-order valence-electron chi connectivity index (χ1n) is 5.51. The van der Waals surface area contributed by atoms with E-state index in [1.807, 2.05) is 19.0 Å². The third-order valence-corrected chi connectivity index (χ3v) is 2.14. The molecule has 6 heteroatoms. The number of guanidine groups is 1. The molecule has 0 amide bonds. The Morgan fingerprint density at radius 1 is 1.41 bits per heavy atom. The minimum Gasteiger partial charge on any atom is -0.358 e. The van der Waals surface area contributed by atoms with Gasteiger partial charge < -0.3 is 5.32 Å². The molecule has 0 radical (unpaired) electrons. The smallest absolute Gasteiger partial charge is 0.214 e. The average Bonchev–Trinajstić information content (AvgIpc) is 2.62. The van der Waals surface area contributed by atoms with E-state index < -0.39 is 0 Å². The highest BCUT2D eigenvalue weighted by atomic mass is 15.5. The van der Waals surface area contributed by atoms with Crippen LogP contribution in [0, 0.1) is 0 Å². The number of nitrogens with one attached hydrogen (secondary N) is 1. The molecule has 6 nitrogen and oxygen atoms in total. The fraction of sp³-hybridized carbons (Fsp3) is 0.727. The van der Waals surface area contributed by atoms with E-state index in [-0.39, 0.29) is 0 Å². The number of hydrogen-bond donors (Lipinski definition) is 1. The number of nitrogens with zero attached hydrogens (tertiary/aromatic N) is 5. The molecule has 0 saturated heterocycles. The zero-order chi connectivity index (χ0) is 13.3. The Morgan fingerprint density at radius 2 is 2.00 bits per heavy atom. The van der Waals surface area contributed by atoms with Gasteiger partial charge in [0, 0.05) is 40.3 Å². The van der Waals surface area contributed by atoms with Crippen molar-refractivity contribution in [2.24, 2.45) is 20.1 Å². The van der Waals surface area contributed by atoms with Gasteiger partial charge in [0.05, 0.1) is 12.1 Å². The van der Waals surface area contributed by atoms with Crippen molar-refractivity contribution >= 4 is 17.7 Å². The predicted molar refractivity (Wildman–Crippen MR) is 73.2 cm³/mol. The van der Waals surface area contributed by atoms with E-state index in [0.29, 0.717) is 6.04 Å². The summed E-state index contributed by atoms with van der Waals surface area (Å²) >= 11 is 0. The summed E-state index contributed by atoms with van der Waals surface area (Å²) in [5, 5.41) is 9.31. The molecule has 17 heavy (non-hydrogen) atoms. The number of rotatable bonds is 0. The Kier molecular flexibility index (Phi) is 7.63. The van der Waals surface area contributed by atoms with Crippen LogP contribution in [0.2, 0.25) is 0 Å². The Labute approximate surface area is 103 Å². The van der Waals surface area contributed by atoms with Crippen LogP contribution in [0.5, 0.6) is 0 Å². The molecule has 1 heterocycles. The molecule has 1 N–H and O–H groups in total. The van der Waals surface area contributed by atoms with Gasteiger partial charge in [-0.25, -0.2) is 15.0 Å². The molecule has 0 saturated carbocycles. The molecule has 0 bridgehead atoms. The van der Waals surface area contributed by atoms with Gasteiger partial charge >= 0.3 is 0 Å². The Hall–Kier alpha value is -1.68. The predicted octanol–water partition coefficient (Wildman–Crippen LogP) is 1.08. The lowest BCUT2D eigenvalue weighted by Crippen LogP contribution is -2.38. The molecule has 0 aromatic heterocycles. The van der Waals surface area contributed by atoms with Gasteiger partial charge in [-0.1, -0.05) is 0 Å². The van der Waals surface area contributed by atoms with Crippen molar-refractivity contribution < 1.29 is 0 Å². The van der Waals surface area contributed by atoms with Gasteiger partial charge in [-0.2, -0.15) is 5.10 Å². The molecule has 96 valence electrons. The lowest BCUT2D eigenvalue weighted by molar-refractivity contribution is 0.373. The van der Waals surface area contributed by atoms with Crippen LogP contribution < -0.4 is 5.32 Å². The van der Waals surface area contributed by atoms with Crippen molar-refractivity contribution in [3.63, 3.8) is 0 Å². The zero-order valence-electron chi connectivity index (χ0n) is 11.5. The lowest BCUT2D eigenvalue weighted by atomic mass is 10.2. The van der Waals surface area contributed by atoms with Gasteiger partial charge in [-0.05, 0) is 13.8 Å². The number of hydrogen-bond acceptors (Lipinski definition) is 4. The normalized spacial score (nSPS) is 18.7. The van der Waals surface area contributed by atoms with E-state index in [1.54, 1.807) is 21.1 Å². The topological polar surface area (TPSA) is 64.7 Å². The summed E-state index contributed by atoms with van der Waals surface area (Å²) in [6, 6.07) is 2.79. The molecule has 1 aliphatic rings. The van der Waals surface area contributed by atoms with Crippen LogP contribution in [0.4, 0.5) is 0 Å². The van der Waals surface area contributed by atoms with Crippen LogP contribution in [-0.2, 0) is 0 Å². The minimum absolute atomic E-state index is 0.427. The van der Waals surface area contributed by atoms with Gasteiger partial charge in [-0.15, -0.1) is 0 Å². The summed E-state index contributed by atoms with van der Waals surface area (Å²) in [5.41, 5.74) is 1.17. The fourth-order valence-electron chi connectivity index (χ4n) is 1.52. The van der Waals surface area contributed by atoms with Crippen LogP contribution in [0.3, 0.4) is 0 Å². The maximum Gasteiger partial charge on any atom is 0.214 e. The van der Waals surface area contributed by atoms with Crippen LogP contribution in [-0.4, -0.2) is 56.9 Å². The van der Waals surface area contributed by atoms with Crippen LogP contribution in [0.15, 0.2) is 20.1 Å². The van der Waals surface area contributed by atoms with Gasteiger partial charge in [0.25, 0.3) is 0 Å². The van der Waals surface area contributed by atoms with Crippen molar-refractivity contribution in [1.82, 2.24) is 10.3 Å². The Morgan fingerprint density at radius 3 is 2.24 bits per heavy atom. The van der Waals surface area contributed by atoms with Gasteiger partial charge in [0.2, 0.25) is 5.96 Å². The van der Waals surface area contributed by atoms with Crippen molar-refractivity contribution in [3.8, 4) is 0 Å². The van der Waals surface area contributed by atoms with Crippen molar-refractivity contribution in [1.29, 1.82) is 0 Å². The first-order chi connectivity index (χ1) is 8.10. The monoisotopic (exact) mass is 238 g/mol. The summed E-state index contributed by atoms with van der Waals surface area (Å²) in [6.45, 7) is 4.18.